The minimum atomic E-state index is -0.706. The van der Waals surface area contributed by atoms with Crippen molar-refractivity contribution in [3.63, 3.8) is 0 Å². The van der Waals surface area contributed by atoms with E-state index in [0.717, 1.165) is 32.1 Å². The van der Waals surface area contributed by atoms with E-state index in [2.05, 4.69) is 51.1 Å². The van der Waals surface area contributed by atoms with Crippen LogP contribution in [-0.2, 0) is 14.3 Å². The van der Waals surface area contributed by atoms with E-state index in [1.54, 1.807) is 6.92 Å². The molecular weight excluding hydrogens is 424 g/mol. The molecule has 2 atom stereocenters. The summed E-state index contributed by atoms with van der Waals surface area (Å²) in [5.74, 6) is -0.172. The Morgan fingerprint density at radius 3 is 1.68 bits per heavy atom. The first-order chi connectivity index (χ1) is 13.2. The van der Waals surface area contributed by atoms with Crippen LogP contribution in [0.1, 0.15) is 136 Å². The topological polar surface area (TPSA) is 63.6 Å². The summed E-state index contributed by atoms with van der Waals surface area (Å²) in [4.78, 5) is 21.1. The monoisotopic (exact) mass is 488 g/mol. The maximum atomic E-state index is 11.2. The maximum Gasteiger partial charge on any atom is 0.311 e. The Balaban J connectivity index is -0.0000000603. The third-order valence-corrected chi connectivity index (χ3v) is 5.24. The summed E-state index contributed by atoms with van der Waals surface area (Å²) >= 11 is 0. The number of carbonyl (C=O) groups excluding carboxylic acids is 1. The van der Waals surface area contributed by atoms with Crippen LogP contribution in [0.15, 0.2) is 30.3 Å². The zero-order valence-corrected chi connectivity index (χ0v) is 18.7. The molecular formula is C30H64O4. The van der Waals surface area contributed by atoms with E-state index in [-0.39, 0.29) is 61.9 Å². The van der Waals surface area contributed by atoms with Crippen LogP contribution in [0, 0.1) is 11.3 Å². The van der Waals surface area contributed by atoms with Crippen molar-refractivity contribution in [3.8, 4) is 0 Å². The number of carboxylic acid groups (broad SMARTS) is 1. The van der Waals surface area contributed by atoms with Gasteiger partial charge in [0.15, 0.2) is 0 Å². The fourth-order valence-corrected chi connectivity index (χ4v) is 2.07. The number of unbranched alkanes of at least 4 members (excludes halogenated alkanes) is 1. The number of carboxylic acids is 1. The Morgan fingerprint density at radius 1 is 0.912 bits per heavy atom. The number of rotatable bonds is 8. The second-order valence-electron chi connectivity index (χ2n) is 7.92. The van der Waals surface area contributed by atoms with Gasteiger partial charge < -0.3 is 9.84 Å². The van der Waals surface area contributed by atoms with Crippen LogP contribution >= 0.6 is 0 Å². The van der Waals surface area contributed by atoms with Crippen molar-refractivity contribution in [2.45, 2.75) is 131 Å². The number of benzene rings is 1. The highest BCUT2D eigenvalue weighted by Crippen LogP contribution is 2.45. The van der Waals surface area contributed by atoms with Gasteiger partial charge in [-0.25, -0.2) is 0 Å². The van der Waals surface area contributed by atoms with E-state index >= 15 is 0 Å². The first-order valence-corrected chi connectivity index (χ1v) is 10.7. The summed E-state index contributed by atoms with van der Waals surface area (Å²) in [5, 5.41) is 8.18. The highest BCUT2D eigenvalue weighted by atomic mass is 16.5. The maximum absolute atomic E-state index is 11.2. The van der Waals surface area contributed by atoms with Gasteiger partial charge in [0.25, 0.3) is 0 Å². The number of esters is 1. The molecule has 1 fully saturated rings. The molecule has 0 aromatic heterocycles. The Bertz CT molecular complexity index is 550. The van der Waals surface area contributed by atoms with Gasteiger partial charge in [-0.15, -0.1) is 0 Å². The van der Waals surface area contributed by atoms with Crippen LogP contribution in [0.4, 0.5) is 0 Å². The fraction of sp³-hybridized carbons (Fsp3) is 0.733. The minimum absolute atomic E-state index is 0. The Kier molecular flexibility index (Phi) is 39.8. The first kappa shape index (κ1) is 49.3. The Labute approximate surface area is 215 Å². The predicted octanol–water partition coefficient (Wildman–Crippen LogP) is 10.3. The van der Waals surface area contributed by atoms with Gasteiger partial charge in [0, 0.05) is 0 Å². The van der Waals surface area contributed by atoms with E-state index < -0.39 is 5.97 Å². The van der Waals surface area contributed by atoms with Crippen LogP contribution in [0.3, 0.4) is 0 Å². The lowest BCUT2D eigenvalue weighted by molar-refractivity contribution is -0.149. The molecule has 34 heavy (non-hydrogen) atoms. The fourth-order valence-electron chi connectivity index (χ4n) is 2.07. The van der Waals surface area contributed by atoms with Crippen LogP contribution < -0.4 is 0 Å². The molecule has 0 amide bonds. The van der Waals surface area contributed by atoms with E-state index in [4.69, 9.17) is 9.84 Å². The van der Waals surface area contributed by atoms with E-state index in [9.17, 15) is 9.59 Å². The number of hydrogen-bond acceptors (Lipinski definition) is 3. The molecule has 1 aliphatic carbocycles. The normalized spacial score (nSPS) is 12.9. The molecule has 2 rings (SSSR count). The molecule has 2 unspecified atom stereocenters. The Morgan fingerprint density at radius 2 is 1.38 bits per heavy atom. The summed E-state index contributed by atoms with van der Waals surface area (Å²) < 4.78 is 5.07. The molecule has 1 saturated carbocycles. The number of ether oxygens (including phenoxy) is 1. The van der Waals surface area contributed by atoms with Gasteiger partial charge in [0.05, 0.1) is 17.9 Å². The highest BCUT2D eigenvalue weighted by Gasteiger charge is 2.46. The van der Waals surface area contributed by atoms with E-state index in [0.29, 0.717) is 12.5 Å². The van der Waals surface area contributed by atoms with Crippen molar-refractivity contribution in [3.05, 3.63) is 35.9 Å². The average Bonchev–Trinajstić information content (AvgIpc) is 3.47. The van der Waals surface area contributed by atoms with Crippen molar-refractivity contribution in [1.29, 1.82) is 0 Å². The molecule has 0 saturated heterocycles. The van der Waals surface area contributed by atoms with Gasteiger partial charge in [-0.3, -0.25) is 9.59 Å². The summed E-state index contributed by atoms with van der Waals surface area (Å²) in [6.45, 7) is 12.7. The quantitative estimate of drug-likeness (QED) is 0.292. The third-order valence-electron chi connectivity index (χ3n) is 5.24. The second kappa shape index (κ2) is 27.4. The highest BCUT2D eigenvalue weighted by molar-refractivity contribution is 5.79. The summed E-state index contributed by atoms with van der Waals surface area (Å²) in [6.07, 6.45) is 6.04. The van der Waals surface area contributed by atoms with Crippen molar-refractivity contribution < 1.29 is 19.4 Å². The van der Waals surface area contributed by atoms with Crippen LogP contribution in [0.25, 0.3) is 0 Å². The molecule has 0 heterocycles. The molecule has 1 aromatic rings. The number of hydrogen-bond donors (Lipinski definition) is 1. The lowest BCUT2D eigenvalue weighted by Gasteiger charge is -2.07. The third kappa shape index (κ3) is 22.0. The summed E-state index contributed by atoms with van der Waals surface area (Å²) in [7, 11) is 0. The van der Waals surface area contributed by atoms with Crippen molar-refractivity contribution in [1.82, 2.24) is 0 Å². The molecule has 0 bridgehead atoms. The van der Waals surface area contributed by atoms with Gasteiger partial charge in [-0.05, 0) is 50.5 Å². The van der Waals surface area contributed by atoms with Gasteiger partial charge in [-0.2, -0.15) is 0 Å². The molecule has 1 aromatic carbocycles. The SMILES string of the molecule is C.C.C.C.C.C.CCC(C)C(=O)O.CCC(C)c1ccccc1.CCCCOC(=O)C1(C)CC1. The molecule has 0 radical (unpaired) electrons. The van der Waals surface area contributed by atoms with Crippen molar-refractivity contribution >= 4 is 11.9 Å². The second-order valence-corrected chi connectivity index (χ2v) is 7.92. The van der Waals surface area contributed by atoms with Gasteiger partial charge >= 0.3 is 11.9 Å². The Hall–Kier alpha value is -1.84. The average molecular weight is 489 g/mol. The van der Waals surface area contributed by atoms with Crippen molar-refractivity contribution in [2.75, 3.05) is 6.61 Å². The summed E-state index contributed by atoms with van der Waals surface area (Å²) in [6, 6.07) is 10.6. The molecule has 4 heteroatoms. The molecule has 1 N–H and O–H groups in total. The molecule has 1 aliphatic rings. The van der Waals surface area contributed by atoms with Crippen LogP contribution in [0.2, 0.25) is 0 Å². The molecule has 208 valence electrons. The minimum Gasteiger partial charge on any atom is -0.481 e. The number of aliphatic carboxylic acids is 1. The van der Waals surface area contributed by atoms with Gasteiger partial charge in [0.2, 0.25) is 0 Å². The van der Waals surface area contributed by atoms with Crippen LogP contribution in [-0.4, -0.2) is 23.7 Å². The lowest BCUT2D eigenvalue weighted by atomic mass is 9.99. The molecule has 4 nitrogen and oxygen atoms in total. The zero-order valence-electron chi connectivity index (χ0n) is 18.7. The number of carbonyl (C=O) groups is 2. The zero-order chi connectivity index (χ0) is 21.6. The standard InChI is InChI=1S/C10H14.C9H16O2.C5H10O2.6CH4/c1-3-9(2)10-7-5-4-6-8-10;1-3-4-7-11-8(10)9(2)5-6-9;1-3-4(2)5(6)7;;;;;;/h4-9H,3H2,1-2H3;3-7H2,1-2H3;4H,3H2,1-2H3,(H,6,7);6*1H4. The van der Waals surface area contributed by atoms with Gasteiger partial charge in [-0.1, -0.05) is 116 Å². The van der Waals surface area contributed by atoms with Crippen LogP contribution in [0.5, 0.6) is 0 Å². The van der Waals surface area contributed by atoms with E-state index in [1.807, 2.05) is 13.8 Å². The van der Waals surface area contributed by atoms with Crippen molar-refractivity contribution in [2.24, 2.45) is 11.3 Å². The lowest BCUT2D eigenvalue weighted by Crippen LogP contribution is -2.16. The molecule has 0 aliphatic heterocycles. The largest absolute Gasteiger partial charge is 0.481 e. The molecule has 0 spiro atoms. The van der Waals surface area contributed by atoms with E-state index in [1.165, 1.54) is 12.0 Å². The first-order valence-electron chi connectivity index (χ1n) is 10.7. The predicted molar refractivity (Wildman–Crippen MR) is 156 cm³/mol. The van der Waals surface area contributed by atoms with Gasteiger partial charge in [0.1, 0.15) is 0 Å². The smallest absolute Gasteiger partial charge is 0.311 e. The summed E-state index contributed by atoms with van der Waals surface area (Å²) in [5.41, 5.74) is 1.35.